The second-order valence-electron chi connectivity index (χ2n) is 5.79. The Morgan fingerprint density at radius 1 is 1.14 bits per heavy atom. The lowest BCUT2D eigenvalue weighted by Gasteiger charge is -2.04. The van der Waals surface area contributed by atoms with Gasteiger partial charge in [0.25, 0.3) is 5.56 Å². The summed E-state index contributed by atoms with van der Waals surface area (Å²) in [6, 6.07) is 0. The normalized spacial score (nSPS) is 11.8. The number of imidazole rings is 2. The molecule has 0 amide bonds. The van der Waals surface area contributed by atoms with Crippen LogP contribution in [0.15, 0.2) is 15.8 Å². The first kappa shape index (κ1) is 14.6. The lowest BCUT2D eigenvalue weighted by molar-refractivity contribution is 0.602. The molecule has 118 valence electrons. The van der Waals surface area contributed by atoms with Crippen molar-refractivity contribution in [3.05, 3.63) is 32.7 Å². The van der Waals surface area contributed by atoms with Gasteiger partial charge in [-0.05, 0) is 13.3 Å². The van der Waals surface area contributed by atoms with Crippen molar-refractivity contribution < 1.29 is 0 Å². The molecule has 0 unspecified atom stereocenters. The molecule has 0 aliphatic heterocycles. The van der Waals surface area contributed by atoms with Gasteiger partial charge in [0.15, 0.2) is 11.2 Å². The molecule has 0 saturated carbocycles. The van der Waals surface area contributed by atoms with Crippen LogP contribution in [0.4, 0.5) is 0 Å². The van der Waals surface area contributed by atoms with Crippen molar-refractivity contribution in [1.82, 2.24) is 23.1 Å². The Morgan fingerprint density at radius 2 is 1.86 bits per heavy atom. The van der Waals surface area contributed by atoms with Gasteiger partial charge in [-0.15, -0.1) is 0 Å². The van der Waals surface area contributed by atoms with E-state index in [1.165, 1.54) is 11.6 Å². The zero-order chi connectivity index (χ0) is 16.0. The number of aryl methyl sites for hydroxylation is 3. The van der Waals surface area contributed by atoms with Gasteiger partial charge in [-0.2, -0.15) is 4.98 Å². The van der Waals surface area contributed by atoms with Gasteiger partial charge in [0.1, 0.15) is 0 Å². The average molecular weight is 303 g/mol. The highest BCUT2D eigenvalue weighted by molar-refractivity contribution is 5.75. The first-order valence-corrected chi connectivity index (χ1v) is 7.61. The van der Waals surface area contributed by atoms with Crippen molar-refractivity contribution in [3.63, 3.8) is 0 Å². The smallest absolute Gasteiger partial charge is 0.314 e. The van der Waals surface area contributed by atoms with E-state index in [0.717, 1.165) is 41.8 Å². The zero-order valence-corrected chi connectivity index (χ0v) is 13.5. The molecule has 0 aliphatic carbocycles. The molecule has 0 radical (unpaired) electrons. The molecule has 0 saturated heterocycles. The van der Waals surface area contributed by atoms with Crippen molar-refractivity contribution in [1.29, 1.82) is 0 Å². The summed E-state index contributed by atoms with van der Waals surface area (Å²) in [5.41, 5.74) is 1.30. The molecular formula is C15H21N5O2. The van der Waals surface area contributed by atoms with Crippen molar-refractivity contribution in [2.45, 2.75) is 39.7 Å². The fraction of sp³-hybridized carbons (Fsp3) is 0.533. The zero-order valence-electron chi connectivity index (χ0n) is 13.5. The lowest BCUT2D eigenvalue weighted by Crippen LogP contribution is -2.37. The Bertz CT molecular complexity index is 970. The molecule has 22 heavy (non-hydrogen) atoms. The van der Waals surface area contributed by atoms with Crippen LogP contribution in [0.2, 0.25) is 0 Å². The number of hydrogen-bond acceptors (Lipinski definition) is 3. The molecule has 0 bridgehead atoms. The maximum atomic E-state index is 12.4. The van der Waals surface area contributed by atoms with Gasteiger partial charge >= 0.3 is 5.69 Å². The second-order valence-corrected chi connectivity index (χ2v) is 5.79. The Kier molecular flexibility index (Phi) is 3.42. The number of hydrogen-bond donors (Lipinski definition) is 0. The predicted octanol–water partition coefficient (Wildman–Crippen LogP) is 1.19. The average Bonchev–Trinajstić information content (AvgIpc) is 2.99. The summed E-state index contributed by atoms with van der Waals surface area (Å²) in [6.45, 7) is 5.05. The first-order valence-electron chi connectivity index (χ1n) is 7.61. The van der Waals surface area contributed by atoms with Crippen molar-refractivity contribution in [3.8, 4) is 0 Å². The maximum Gasteiger partial charge on any atom is 0.332 e. The van der Waals surface area contributed by atoms with Crippen LogP contribution in [0, 0.1) is 6.92 Å². The van der Waals surface area contributed by atoms with Crippen LogP contribution in [0.3, 0.4) is 0 Å². The Morgan fingerprint density at radius 3 is 2.55 bits per heavy atom. The summed E-state index contributed by atoms with van der Waals surface area (Å²) in [5.74, 6) is 0.724. The van der Waals surface area contributed by atoms with Crippen LogP contribution in [0.25, 0.3) is 16.9 Å². The van der Waals surface area contributed by atoms with E-state index in [1.807, 2.05) is 13.1 Å². The minimum atomic E-state index is -0.354. The second kappa shape index (κ2) is 5.15. The predicted molar refractivity (Wildman–Crippen MR) is 85.4 cm³/mol. The molecule has 7 nitrogen and oxygen atoms in total. The lowest BCUT2D eigenvalue weighted by atomic mass is 10.2. The molecule has 0 N–H and O–H groups in total. The third-order valence-electron chi connectivity index (χ3n) is 4.24. The topological polar surface area (TPSA) is 66.2 Å². The van der Waals surface area contributed by atoms with Crippen LogP contribution < -0.4 is 11.2 Å². The molecule has 0 atom stereocenters. The van der Waals surface area contributed by atoms with E-state index < -0.39 is 0 Å². The summed E-state index contributed by atoms with van der Waals surface area (Å²) in [6.07, 6.45) is 5.30. The van der Waals surface area contributed by atoms with Crippen LogP contribution in [-0.2, 0) is 20.6 Å². The molecule has 0 spiro atoms. The molecule has 3 heterocycles. The van der Waals surface area contributed by atoms with E-state index >= 15 is 0 Å². The highest BCUT2D eigenvalue weighted by Crippen LogP contribution is 2.16. The number of unbranched alkanes of at least 4 members (excludes halogenated alkanes) is 2. The SMILES string of the molecule is CCCCCn1c(C)cn2c3c(=O)n(C)c(=O)n(C)c3nc12. The number of fused-ring (bicyclic) bond motifs is 3. The van der Waals surface area contributed by atoms with E-state index in [4.69, 9.17) is 0 Å². The van der Waals surface area contributed by atoms with Crippen LogP contribution in [0.5, 0.6) is 0 Å². The monoisotopic (exact) mass is 303 g/mol. The Hall–Kier alpha value is -2.31. The van der Waals surface area contributed by atoms with Crippen molar-refractivity contribution in [2.75, 3.05) is 0 Å². The van der Waals surface area contributed by atoms with Gasteiger partial charge in [-0.1, -0.05) is 19.8 Å². The van der Waals surface area contributed by atoms with Gasteiger partial charge in [0.05, 0.1) is 0 Å². The first-order chi connectivity index (χ1) is 10.5. The summed E-state index contributed by atoms with van der Waals surface area (Å²) in [7, 11) is 3.14. The molecule has 0 fully saturated rings. The minimum absolute atomic E-state index is 0.309. The van der Waals surface area contributed by atoms with Crippen LogP contribution >= 0.6 is 0 Å². The van der Waals surface area contributed by atoms with E-state index in [2.05, 4.69) is 16.5 Å². The van der Waals surface area contributed by atoms with Crippen molar-refractivity contribution >= 4 is 16.9 Å². The van der Waals surface area contributed by atoms with Gasteiger partial charge in [0.2, 0.25) is 5.78 Å². The Labute approximate surface area is 127 Å². The number of nitrogens with zero attached hydrogens (tertiary/aromatic N) is 5. The third kappa shape index (κ3) is 1.92. The van der Waals surface area contributed by atoms with Crippen LogP contribution in [0.1, 0.15) is 31.9 Å². The summed E-state index contributed by atoms with van der Waals surface area (Å²) < 4.78 is 6.47. The summed E-state index contributed by atoms with van der Waals surface area (Å²) in [4.78, 5) is 29.0. The fourth-order valence-corrected chi connectivity index (χ4v) is 2.93. The third-order valence-corrected chi connectivity index (χ3v) is 4.24. The highest BCUT2D eigenvalue weighted by atomic mass is 16.2. The minimum Gasteiger partial charge on any atom is -0.314 e. The molecule has 3 aromatic heterocycles. The quantitative estimate of drug-likeness (QED) is 0.680. The van der Waals surface area contributed by atoms with Crippen LogP contribution in [-0.4, -0.2) is 23.1 Å². The maximum absolute atomic E-state index is 12.4. The standard InChI is InChI=1S/C15H21N5O2/c1-5-6-7-8-19-10(2)9-20-11-12(16-14(19)20)17(3)15(22)18(4)13(11)21/h9H,5-8H2,1-4H3. The van der Waals surface area contributed by atoms with Crippen molar-refractivity contribution in [2.24, 2.45) is 14.1 Å². The van der Waals surface area contributed by atoms with E-state index in [9.17, 15) is 9.59 Å². The van der Waals surface area contributed by atoms with E-state index in [1.54, 1.807) is 11.4 Å². The Balaban J connectivity index is 2.32. The van der Waals surface area contributed by atoms with E-state index in [-0.39, 0.29) is 11.2 Å². The molecule has 7 heteroatoms. The number of rotatable bonds is 4. The van der Waals surface area contributed by atoms with Gasteiger partial charge in [0, 0.05) is 32.5 Å². The summed E-state index contributed by atoms with van der Waals surface area (Å²) in [5, 5.41) is 0. The van der Waals surface area contributed by atoms with E-state index in [0.29, 0.717) is 11.2 Å². The molecule has 0 aromatic carbocycles. The molecule has 3 aromatic rings. The van der Waals surface area contributed by atoms with Gasteiger partial charge < -0.3 is 4.57 Å². The highest BCUT2D eigenvalue weighted by Gasteiger charge is 2.18. The van der Waals surface area contributed by atoms with Gasteiger partial charge in [-0.3, -0.25) is 18.3 Å². The fourth-order valence-electron chi connectivity index (χ4n) is 2.93. The van der Waals surface area contributed by atoms with Gasteiger partial charge in [-0.25, -0.2) is 4.79 Å². The molecular weight excluding hydrogens is 282 g/mol. The summed E-state index contributed by atoms with van der Waals surface area (Å²) >= 11 is 0. The largest absolute Gasteiger partial charge is 0.332 e. The molecule has 0 aliphatic rings. The molecule has 3 rings (SSSR count). The number of aromatic nitrogens is 5.